The number of nitrogens with zero attached hydrogens (tertiary/aromatic N) is 1. The van der Waals surface area contributed by atoms with Crippen molar-refractivity contribution in [1.29, 1.82) is 0 Å². The minimum atomic E-state index is 0.694. The molecule has 0 radical (unpaired) electrons. The van der Waals surface area contributed by atoms with Crippen molar-refractivity contribution >= 4 is 22.7 Å². The zero-order chi connectivity index (χ0) is 13.7. The molecule has 0 fully saturated rings. The Balaban J connectivity index is 2.11. The Hall–Kier alpha value is -0.710. The summed E-state index contributed by atoms with van der Waals surface area (Å²) in [6, 6.07) is 4.25. The minimum Gasteiger partial charge on any atom is -0.312 e. The van der Waals surface area contributed by atoms with Gasteiger partial charge in [-0.2, -0.15) is 0 Å². The van der Waals surface area contributed by atoms with Crippen molar-refractivity contribution in [3.63, 3.8) is 0 Å². The molecule has 2 aromatic heterocycles. The molecule has 0 aliphatic heterocycles. The Labute approximate surface area is 123 Å². The largest absolute Gasteiger partial charge is 0.312 e. The highest BCUT2D eigenvalue weighted by Crippen LogP contribution is 2.31. The van der Waals surface area contributed by atoms with Crippen LogP contribution in [0.2, 0.25) is 0 Å². The summed E-state index contributed by atoms with van der Waals surface area (Å²) < 4.78 is 0. The molecule has 2 nitrogen and oxygen atoms in total. The molecule has 0 unspecified atom stereocenters. The van der Waals surface area contributed by atoms with E-state index in [-0.39, 0.29) is 0 Å². The highest BCUT2D eigenvalue weighted by atomic mass is 32.1. The van der Waals surface area contributed by atoms with Crippen molar-refractivity contribution in [2.75, 3.05) is 6.54 Å². The number of nitrogens with one attached hydrogen (secondary N) is 1. The van der Waals surface area contributed by atoms with Crippen molar-refractivity contribution in [2.45, 2.75) is 40.2 Å². The van der Waals surface area contributed by atoms with Crippen molar-refractivity contribution in [3.05, 3.63) is 28.1 Å². The van der Waals surface area contributed by atoms with Crippen LogP contribution in [-0.2, 0) is 13.0 Å². The first kappa shape index (κ1) is 14.7. The van der Waals surface area contributed by atoms with E-state index in [4.69, 9.17) is 4.98 Å². The van der Waals surface area contributed by atoms with E-state index in [0.29, 0.717) is 5.92 Å². The lowest BCUT2D eigenvalue weighted by molar-refractivity contribution is 0.553. The number of hydrogen-bond donors (Lipinski definition) is 1. The van der Waals surface area contributed by atoms with E-state index in [1.807, 2.05) is 11.3 Å². The molecule has 2 rings (SSSR count). The monoisotopic (exact) mass is 294 g/mol. The number of thiophene rings is 1. The summed E-state index contributed by atoms with van der Waals surface area (Å²) in [6.07, 6.45) is 2.24. The maximum Gasteiger partial charge on any atom is 0.133 e. The Bertz CT molecular complexity index is 486. The van der Waals surface area contributed by atoms with Crippen LogP contribution in [0.15, 0.2) is 17.5 Å². The van der Waals surface area contributed by atoms with Crippen LogP contribution in [0.4, 0.5) is 0 Å². The lowest BCUT2D eigenvalue weighted by Gasteiger charge is -2.06. The maximum absolute atomic E-state index is 4.83. The first-order valence-corrected chi connectivity index (χ1v) is 8.63. The molecule has 2 heterocycles. The lowest BCUT2D eigenvalue weighted by Crippen LogP contribution is -2.19. The predicted octanol–water partition coefficient (Wildman–Crippen LogP) is 4.57. The highest BCUT2D eigenvalue weighted by molar-refractivity contribution is 7.21. The molecule has 0 aliphatic rings. The van der Waals surface area contributed by atoms with Gasteiger partial charge in [-0.25, -0.2) is 4.98 Å². The van der Waals surface area contributed by atoms with Gasteiger partial charge in [-0.05, 0) is 30.3 Å². The van der Waals surface area contributed by atoms with E-state index in [9.17, 15) is 0 Å². The molecule has 2 aromatic rings. The van der Waals surface area contributed by atoms with Gasteiger partial charge < -0.3 is 5.32 Å². The van der Waals surface area contributed by atoms with Gasteiger partial charge in [0.15, 0.2) is 0 Å². The fourth-order valence-corrected chi connectivity index (χ4v) is 3.81. The van der Waals surface area contributed by atoms with Crippen LogP contribution in [0, 0.1) is 5.92 Å². The molecule has 19 heavy (non-hydrogen) atoms. The van der Waals surface area contributed by atoms with E-state index >= 15 is 0 Å². The summed E-state index contributed by atoms with van der Waals surface area (Å²) in [6.45, 7) is 8.72. The average molecular weight is 294 g/mol. The summed E-state index contributed by atoms with van der Waals surface area (Å²) >= 11 is 3.62. The second kappa shape index (κ2) is 7.17. The summed E-state index contributed by atoms with van der Waals surface area (Å²) in [5, 5.41) is 6.83. The zero-order valence-corrected chi connectivity index (χ0v) is 13.5. The van der Waals surface area contributed by atoms with Crippen LogP contribution in [0.5, 0.6) is 0 Å². The second-order valence-electron chi connectivity index (χ2n) is 5.14. The summed E-state index contributed by atoms with van der Waals surface area (Å²) in [4.78, 5) is 7.53. The summed E-state index contributed by atoms with van der Waals surface area (Å²) in [5.74, 6) is 0.694. The smallest absolute Gasteiger partial charge is 0.133 e. The van der Waals surface area contributed by atoms with Crippen molar-refractivity contribution in [1.82, 2.24) is 10.3 Å². The van der Waals surface area contributed by atoms with E-state index < -0.39 is 0 Å². The molecule has 0 spiro atoms. The summed E-state index contributed by atoms with van der Waals surface area (Å²) in [7, 11) is 0. The Morgan fingerprint density at radius 1 is 1.37 bits per heavy atom. The number of aryl methyl sites for hydroxylation is 1. The van der Waals surface area contributed by atoms with Crippen LogP contribution < -0.4 is 5.32 Å². The Kier molecular flexibility index (Phi) is 5.55. The van der Waals surface area contributed by atoms with E-state index in [0.717, 1.165) is 25.9 Å². The Morgan fingerprint density at radius 3 is 2.84 bits per heavy atom. The maximum atomic E-state index is 4.83. The molecule has 104 valence electrons. The van der Waals surface area contributed by atoms with Gasteiger partial charge in [0.25, 0.3) is 0 Å². The van der Waals surface area contributed by atoms with Crippen molar-refractivity contribution in [3.8, 4) is 9.88 Å². The zero-order valence-electron chi connectivity index (χ0n) is 11.9. The molecule has 4 heteroatoms. The molecular formula is C15H22N2S2. The van der Waals surface area contributed by atoms with Crippen LogP contribution in [0.1, 0.15) is 37.8 Å². The van der Waals surface area contributed by atoms with Gasteiger partial charge in [0, 0.05) is 11.4 Å². The number of aromatic nitrogens is 1. The van der Waals surface area contributed by atoms with Gasteiger partial charge in [0.05, 0.1) is 10.6 Å². The minimum absolute atomic E-state index is 0.694. The third-order valence-electron chi connectivity index (χ3n) is 2.84. The molecule has 0 amide bonds. The van der Waals surface area contributed by atoms with Crippen LogP contribution in [0.3, 0.4) is 0 Å². The summed E-state index contributed by atoms with van der Waals surface area (Å²) in [5.41, 5.74) is 1.28. The first-order valence-electron chi connectivity index (χ1n) is 6.93. The third-order valence-corrected chi connectivity index (χ3v) is 4.97. The predicted molar refractivity (Wildman–Crippen MR) is 86.0 cm³/mol. The number of rotatable bonds is 7. The quantitative estimate of drug-likeness (QED) is 0.809. The van der Waals surface area contributed by atoms with E-state index in [1.54, 1.807) is 11.3 Å². The van der Waals surface area contributed by atoms with Crippen LogP contribution >= 0.6 is 22.7 Å². The number of hydrogen-bond acceptors (Lipinski definition) is 4. The topological polar surface area (TPSA) is 24.9 Å². The van der Waals surface area contributed by atoms with Crippen LogP contribution in [-0.4, -0.2) is 11.5 Å². The fraction of sp³-hybridized carbons (Fsp3) is 0.533. The standard InChI is InChI=1S/C15H22N2S2/c1-4-6-12-14(10-16-9-11(2)3)19-15(17-12)13-7-5-8-18-13/h5,7-8,11,16H,4,6,9-10H2,1-3H3. The number of thiazole rings is 1. The fourth-order valence-electron chi connectivity index (χ4n) is 1.93. The van der Waals surface area contributed by atoms with E-state index in [1.165, 1.54) is 20.5 Å². The van der Waals surface area contributed by atoms with Gasteiger partial charge in [0.2, 0.25) is 0 Å². The third kappa shape index (κ3) is 4.13. The van der Waals surface area contributed by atoms with Gasteiger partial charge >= 0.3 is 0 Å². The van der Waals surface area contributed by atoms with Gasteiger partial charge in [-0.3, -0.25) is 0 Å². The molecule has 0 bridgehead atoms. The first-order chi connectivity index (χ1) is 9.20. The molecule has 0 saturated heterocycles. The van der Waals surface area contributed by atoms with Gasteiger partial charge in [0.1, 0.15) is 5.01 Å². The highest BCUT2D eigenvalue weighted by Gasteiger charge is 2.12. The SMILES string of the molecule is CCCc1nc(-c2cccs2)sc1CNCC(C)C. The van der Waals surface area contributed by atoms with E-state index in [2.05, 4.69) is 43.6 Å². The Morgan fingerprint density at radius 2 is 2.21 bits per heavy atom. The van der Waals surface area contributed by atoms with Crippen molar-refractivity contribution in [2.24, 2.45) is 5.92 Å². The normalized spacial score (nSPS) is 11.4. The second-order valence-corrected chi connectivity index (χ2v) is 7.17. The van der Waals surface area contributed by atoms with Crippen molar-refractivity contribution < 1.29 is 0 Å². The molecule has 1 N–H and O–H groups in total. The van der Waals surface area contributed by atoms with Crippen LogP contribution in [0.25, 0.3) is 9.88 Å². The lowest BCUT2D eigenvalue weighted by atomic mass is 10.2. The van der Waals surface area contributed by atoms with Gasteiger partial charge in [-0.15, -0.1) is 22.7 Å². The van der Waals surface area contributed by atoms with Gasteiger partial charge in [-0.1, -0.05) is 33.3 Å². The molecule has 0 saturated carbocycles. The molecule has 0 aliphatic carbocycles. The molecule has 0 aromatic carbocycles. The average Bonchev–Trinajstić information content (AvgIpc) is 2.98. The molecular weight excluding hydrogens is 272 g/mol. The molecule has 0 atom stereocenters.